The van der Waals surface area contributed by atoms with Crippen molar-refractivity contribution in [2.24, 2.45) is 0 Å². The monoisotopic (exact) mass is 370 g/mol. The second kappa shape index (κ2) is 7.03. The fourth-order valence-corrected chi connectivity index (χ4v) is 4.11. The number of fused-ring (bicyclic) bond motifs is 1. The molecule has 0 bridgehead atoms. The Hall–Kier alpha value is -2.48. The van der Waals surface area contributed by atoms with E-state index in [-0.39, 0.29) is 11.9 Å². The van der Waals surface area contributed by atoms with Crippen molar-refractivity contribution in [3.8, 4) is 0 Å². The Morgan fingerprint density at radius 3 is 2.73 bits per heavy atom. The van der Waals surface area contributed by atoms with E-state index in [1.54, 1.807) is 6.33 Å². The summed E-state index contributed by atoms with van der Waals surface area (Å²) in [5.41, 5.74) is 1.91. The minimum absolute atomic E-state index is 0.138. The van der Waals surface area contributed by atoms with Gasteiger partial charge in [-0.15, -0.1) is 0 Å². The molecule has 0 N–H and O–H groups in total. The first-order valence-corrected chi connectivity index (χ1v) is 9.72. The number of rotatable bonds is 4. The van der Waals surface area contributed by atoms with Gasteiger partial charge in [0.25, 0.3) is 0 Å². The molecule has 3 aromatic rings. The van der Waals surface area contributed by atoms with Crippen LogP contribution in [0.1, 0.15) is 25.7 Å². The van der Waals surface area contributed by atoms with E-state index in [4.69, 9.17) is 0 Å². The maximum absolute atomic E-state index is 13.0. The number of amides is 1. The molecule has 1 fully saturated rings. The van der Waals surface area contributed by atoms with E-state index in [1.165, 1.54) is 11.5 Å². The molecule has 26 heavy (non-hydrogen) atoms. The van der Waals surface area contributed by atoms with Crippen LogP contribution < -0.4 is 4.90 Å². The van der Waals surface area contributed by atoms with Gasteiger partial charge in [0.2, 0.25) is 11.0 Å². The highest BCUT2D eigenvalue weighted by Crippen LogP contribution is 2.22. The predicted octanol–water partition coefficient (Wildman–Crippen LogP) is 2.36. The molecular weight excluding hydrogens is 348 g/mol. The van der Waals surface area contributed by atoms with Gasteiger partial charge < -0.3 is 14.4 Å². The fraction of sp³-hybridized carbons (Fsp3) is 0.444. The van der Waals surface area contributed by atoms with Crippen molar-refractivity contribution >= 4 is 33.6 Å². The summed E-state index contributed by atoms with van der Waals surface area (Å²) >= 11 is 1.45. The summed E-state index contributed by atoms with van der Waals surface area (Å²) in [6.45, 7) is 7.00. The molecule has 136 valence electrons. The van der Waals surface area contributed by atoms with E-state index in [1.807, 2.05) is 40.7 Å². The fourth-order valence-electron chi connectivity index (χ4n) is 3.31. The number of aromatic nitrogens is 4. The molecule has 1 unspecified atom stereocenters. The zero-order chi connectivity index (χ0) is 18.1. The number of carbonyl (C=O) groups excluding carboxylic acids is 1. The lowest BCUT2D eigenvalue weighted by Gasteiger charge is -2.35. The highest BCUT2D eigenvalue weighted by atomic mass is 32.1. The molecule has 1 aliphatic rings. The summed E-state index contributed by atoms with van der Waals surface area (Å²) in [6.07, 6.45) is 2.61. The zero-order valence-corrected chi connectivity index (χ0v) is 15.8. The van der Waals surface area contributed by atoms with E-state index < -0.39 is 0 Å². The molecule has 4 rings (SSSR count). The van der Waals surface area contributed by atoms with Gasteiger partial charge in [0.15, 0.2) is 0 Å². The maximum atomic E-state index is 13.0. The number of nitrogens with zero attached hydrogens (tertiary/aromatic N) is 6. The minimum atomic E-state index is -0.262. The molecule has 0 saturated carbocycles. The van der Waals surface area contributed by atoms with E-state index in [2.05, 4.69) is 26.2 Å². The molecule has 1 amide bonds. The van der Waals surface area contributed by atoms with Gasteiger partial charge >= 0.3 is 0 Å². The molecule has 7 nitrogen and oxygen atoms in total. The first-order chi connectivity index (χ1) is 12.7. The summed E-state index contributed by atoms with van der Waals surface area (Å²) in [5, 5.41) is 0.961. The molecule has 0 spiro atoms. The number of anilines is 1. The molecular formula is C18H22N6OS. The van der Waals surface area contributed by atoms with Crippen LogP contribution in [0.4, 0.5) is 5.13 Å². The third-order valence-corrected chi connectivity index (χ3v) is 5.71. The number of imidazole rings is 1. The van der Waals surface area contributed by atoms with Crippen molar-refractivity contribution in [2.75, 3.05) is 31.1 Å². The van der Waals surface area contributed by atoms with E-state index in [0.717, 1.165) is 41.5 Å². The number of piperazine rings is 1. The minimum Gasteiger partial charge on any atom is -0.343 e. The Morgan fingerprint density at radius 2 is 2.00 bits per heavy atom. The number of para-hydroxylation sites is 2. The van der Waals surface area contributed by atoms with Crippen LogP contribution in [-0.2, 0) is 11.2 Å². The van der Waals surface area contributed by atoms with Gasteiger partial charge in [-0.1, -0.05) is 19.1 Å². The van der Waals surface area contributed by atoms with E-state index in [0.29, 0.717) is 13.1 Å². The van der Waals surface area contributed by atoms with Gasteiger partial charge in [-0.3, -0.25) is 4.79 Å². The van der Waals surface area contributed by atoms with Gasteiger partial charge in [-0.05, 0) is 19.1 Å². The van der Waals surface area contributed by atoms with Crippen LogP contribution in [0.3, 0.4) is 0 Å². The molecule has 8 heteroatoms. The summed E-state index contributed by atoms with van der Waals surface area (Å²) in [5.74, 6) is 1.03. The van der Waals surface area contributed by atoms with Crippen LogP contribution in [0, 0.1) is 0 Å². The van der Waals surface area contributed by atoms with Crippen molar-refractivity contribution in [1.29, 1.82) is 0 Å². The lowest BCUT2D eigenvalue weighted by molar-refractivity contribution is -0.134. The number of hydrogen-bond acceptors (Lipinski definition) is 6. The number of carbonyl (C=O) groups is 1. The van der Waals surface area contributed by atoms with Crippen LogP contribution in [0.25, 0.3) is 11.0 Å². The van der Waals surface area contributed by atoms with Gasteiger partial charge in [0, 0.05) is 44.1 Å². The van der Waals surface area contributed by atoms with Crippen molar-refractivity contribution in [3.05, 3.63) is 36.4 Å². The lowest BCUT2D eigenvalue weighted by Crippen LogP contribution is -2.50. The average molecular weight is 370 g/mol. The van der Waals surface area contributed by atoms with Gasteiger partial charge in [0.05, 0.1) is 17.4 Å². The van der Waals surface area contributed by atoms with Crippen molar-refractivity contribution in [1.82, 2.24) is 23.8 Å². The second-order valence-corrected chi connectivity index (χ2v) is 7.21. The van der Waals surface area contributed by atoms with Crippen LogP contribution >= 0.6 is 11.5 Å². The smallest absolute Gasteiger partial charge is 0.245 e. The quantitative estimate of drug-likeness (QED) is 0.705. The Labute approximate surface area is 156 Å². The van der Waals surface area contributed by atoms with Gasteiger partial charge in [-0.25, -0.2) is 9.97 Å². The highest BCUT2D eigenvalue weighted by Gasteiger charge is 2.27. The summed E-state index contributed by atoms with van der Waals surface area (Å²) in [7, 11) is 0. The van der Waals surface area contributed by atoms with Crippen LogP contribution in [0.5, 0.6) is 0 Å². The summed E-state index contributed by atoms with van der Waals surface area (Å²) < 4.78 is 6.31. The van der Waals surface area contributed by atoms with E-state index in [9.17, 15) is 4.79 Å². The molecule has 2 aromatic heterocycles. The summed E-state index contributed by atoms with van der Waals surface area (Å²) in [6, 6.07) is 7.65. The largest absolute Gasteiger partial charge is 0.343 e. The van der Waals surface area contributed by atoms with Gasteiger partial charge in [-0.2, -0.15) is 4.37 Å². The maximum Gasteiger partial charge on any atom is 0.245 e. The molecule has 0 radical (unpaired) electrons. The van der Waals surface area contributed by atoms with E-state index >= 15 is 0 Å². The van der Waals surface area contributed by atoms with Crippen molar-refractivity contribution in [3.63, 3.8) is 0 Å². The topological polar surface area (TPSA) is 67.2 Å². The second-order valence-electron chi connectivity index (χ2n) is 6.48. The van der Waals surface area contributed by atoms with Crippen LogP contribution in [-0.4, -0.2) is 55.9 Å². The molecule has 1 aromatic carbocycles. The molecule has 3 heterocycles. The average Bonchev–Trinajstić information content (AvgIpc) is 3.34. The third-order valence-electron chi connectivity index (χ3n) is 4.89. The summed E-state index contributed by atoms with van der Waals surface area (Å²) in [4.78, 5) is 26.1. The lowest BCUT2D eigenvalue weighted by atomic mass is 10.2. The van der Waals surface area contributed by atoms with Crippen LogP contribution in [0.15, 0.2) is 30.6 Å². The first-order valence-electron chi connectivity index (χ1n) is 8.95. The Balaban J connectivity index is 1.43. The molecule has 1 atom stereocenters. The highest BCUT2D eigenvalue weighted by molar-refractivity contribution is 7.09. The number of aryl methyl sites for hydroxylation is 1. The molecule has 0 aliphatic carbocycles. The number of hydrogen-bond donors (Lipinski definition) is 0. The Morgan fingerprint density at radius 1 is 1.23 bits per heavy atom. The third kappa shape index (κ3) is 3.05. The normalized spacial score (nSPS) is 16.2. The standard InChI is InChI=1S/C18H22N6OS/c1-3-16-20-18(26-21-16)23-10-8-22(9-11-23)17(25)13(2)24-12-19-14-6-4-5-7-15(14)24/h4-7,12-13H,3,8-11H2,1-2H3. The Bertz CT molecular complexity index is 911. The van der Waals surface area contributed by atoms with Crippen molar-refractivity contribution in [2.45, 2.75) is 26.3 Å². The predicted molar refractivity (Wildman–Crippen MR) is 103 cm³/mol. The van der Waals surface area contributed by atoms with Crippen LogP contribution in [0.2, 0.25) is 0 Å². The van der Waals surface area contributed by atoms with Gasteiger partial charge in [0.1, 0.15) is 11.9 Å². The first kappa shape index (κ1) is 17.0. The molecule has 1 saturated heterocycles. The van der Waals surface area contributed by atoms with Crippen molar-refractivity contribution < 1.29 is 4.79 Å². The Kier molecular flexibility index (Phi) is 4.58. The SMILES string of the molecule is CCc1nsc(N2CCN(C(=O)C(C)n3cnc4ccccc43)CC2)n1. The molecule has 1 aliphatic heterocycles. The zero-order valence-electron chi connectivity index (χ0n) is 15.0. The number of benzene rings is 1.